The number of ether oxygens (including phenoxy) is 1. The molecule has 0 unspecified atom stereocenters. The largest absolute Gasteiger partial charge is 0.496 e. The number of methoxy groups -OCH3 is 1. The van der Waals surface area contributed by atoms with Crippen LogP contribution in [0.1, 0.15) is 15.9 Å². The van der Waals surface area contributed by atoms with Crippen LogP contribution in [0.25, 0.3) is 5.69 Å². The van der Waals surface area contributed by atoms with E-state index in [-0.39, 0.29) is 5.91 Å². The highest BCUT2D eigenvalue weighted by atomic mass is 16.5. The summed E-state index contributed by atoms with van der Waals surface area (Å²) in [4.78, 5) is 14.6. The van der Waals surface area contributed by atoms with Crippen LogP contribution >= 0.6 is 0 Å². The Morgan fingerprint density at radius 3 is 2.68 bits per heavy atom. The maximum atomic E-state index is 12.9. The van der Waals surface area contributed by atoms with E-state index in [1.807, 2.05) is 42.5 Å². The third kappa shape index (κ3) is 3.68. The van der Waals surface area contributed by atoms with Gasteiger partial charge in [0, 0.05) is 13.6 Å². The van der Waals surface area contributed by atoms with E-state index >= 15 is 0 Å². The second-order valence-electron chi connectivity index (χ2n) is 5.65. The van der Waals surface area contributed by atoms with Crippen molar-refractivity contribution in [3.05, 3.63) is 72.1 Å². The summed E-state index contributed by atoms with van der Waals surface area (Å²) in [6.07, 6.45) is 4.03. The Morgan fingerprint density at radius 1 is 1.16 bits per heavy atom. The summed E-state index contributed by atoms with van der Waals surface area (Å²) < 4.78 is 6.97. The van der Waals surface area contributed by atoms with E-state index in [4.69, 9.17) is 4.74 Å². The number of amides is 1. The van der Waals surface area contributed by atoms with Crippen LogP contribution in [0.5, 0.6) is 5.75 Å². The first kappa shape index (κ1) is 16.7. The minimum Gasteiger partial charge on any atom is -0.496 e. The zero-order valence-corrected chi connectivity index (χ0v) is 14.3. The lowest BCUT2D eigenvalue weighted by molar-refractivity contribution is 0.0796. The fourth-order valence-corrected chi connectivity index (χ4v) is 2.70. The van der Waals surface area contributed by atoms with Gasteiger partial charge in [-0.15, -0.1) is 5.10 Å². The number of benzene rings is 2. The molecule has 0 bridgehead atoms. The average Bonchev–Trinajstić information content (AvgIpc) is 3.20. The highest BCUT2D eigenvalue weighted by molar-refractivity contribution is 5.97. The number of likely N-dealkylation sites (N-methyl/N-ethyl adjacent to an activating group) is 1. The van der Waals surface area contributed by atoms with E-state index in [0.717, 1.165) is 17.7 Å². The molecule has 0 atom stereocenters. The molecule has 128 valence electrons. The Bertz CT molecular complexity index is 846. The molecule has 0 N–H and O–H groups in total. The smallest absolute Gasteiger partial charge is 0.255 e. The van der Waals surface area contributed by atoms with Crippen LogP contribution in [0.3, 0.4) is 0 Å². The molecule has 0 saturated carbocycles. The molecular formula is C19H20N4O2. The van der Waals surface area contributed by atoms with Gasteiger partial charge in [-0.1, -0.05) is 35.5 Å². The summed E-state index contributed by atoms with van der Waals surface area (Å²) in [6.45, 7) is 0.588. The van der Waals surface area contributed by atoms with E-state index in [1.165, 1.54) is 0 Å². The molecule has 0 saturated heterocycles. The predicted molar refractivity (Wildman–Crippen MR) is 95.0 cm³/mol. The molecule has 1 heterocycles. The zero-order valence-electron chi connectivity index (χ0n) is 14.3. The maximum Gasteiger partial charge on any atom is 0.255 e. The molecule has 0 radical (unpaired) electrons. The first-order valence-electron chi connectivity index (χ1n) is 8.04. The van der Waals surface area contributed by atoms with Crippen molar-refractivity contribution in [2.45, 2.75) is 6.42 Å². The van der Waals surface area contributed by atoms with Crippen LogP contribution in [0.4, 0.5) is 0 Å². The lowest BCUT2D eigenvalue weighted by Crippen LogP contribution is -2.29. The number of nitrogens with zero attached hydrogens (tertiary/aromatic N) is 4. The number of carbonyl (C=O) groups is 1. The summed E-state index contributed by atoms with van der Waals surface area (Å²) >= 11 is 0. The third-order valence-electron chi connectivity index (χ3n) is 4.06. The minimum absolute atomic E-state index is 0.0546. The lowest BCUT2D eigenvalue weighted by Gasteiger charge is -2.19. The molecule has 1 amide bonds. The Hall–Kier alpha value is -3.15. The molecule has 3 aromatic rings. The van der Waals surface area contributed by atoms with Crippen molar-refractivity contribution in [2.24, 2.45) is 0 Å². The van der Waals surface area contributed by atoms with Gasteiger partial charge >= 0.3 is 0 Å². The van der Waals surface area contributed by atoms with Crippen molar-refractivity contribution in [3.63, 3.8) is 0 Å². The Morgan fingerprint density at radius 2 is 1.92 bits per heavy atom. The fourth-order valence-electron chi connectivity index (χ4n) is 2.70. The van der Waals surface area contributed by atoms with Crippen molar-refractivity contribution in [3.8, 4) is 11.4 Å². The van der Waals surface area contributed by atoms with Crippen LogP contribution in [0, 0.1) is 0 Å². The molecule has 2 aromatic carbocycles. The van der Waals surface area contributed by atoms with Gasteiger partial charge in [-0.3, -0.25) is 4.79 Å². The van der Waals surface area contributed by atoms with Gasteiger partial charge in [0.05, 0.1) is 30.8 Å². The second-order valence-corrected chi connectivity index (χ2v) is 5.65. The molecule has 25 heavy (non-hydrogen) atoms. The number of para-hydroxylation sites is 2. The normalized spacial score (nSPS) is 10.5. The highest BCUT2D eigenvalue weighted by Crippen LogP contribution is 2.19. The number of hydrogen-bond acceptors (Lipinski definition) is 4. The summed E-state index contributed by atoms with van der Waals surface area (Å²) in [6, 6.07) is 15.2. The summed E-state index contributed by atoms with van der Waals surface area (Å²) in [5.74, 6) is 0.785. The second kappa shape index (κ2) is 7.61. The Balaban J connectivity index is 1.75. The van der Waals surface area contributed by atoms with Gasteiger partial charge in [-0.05, 0) is 30.2 Å². The van der Waals surface area contributed by atoms with Crippen molar-refractivity contribution < 1.29 is 9.53 Å². The standard InChI is InChI=1S/C19H20N4O2/c1-22(13-11-15-7-3-6-10-18(15)25-2)19(24)16-8-4-5-9-17(16)23-14-12-20-21-23/h3-10,12,14H,11,13H2,1-2H3. The molecular weight excluding hydrogens is 316 g/mol. The van der Waals surface area contributed by atoms with Gasteiger partial charge < -0.3 is 9.64 Å². The third-order valence-corrected chi connectivity index (χ3v) is 4.06. The van der Waals surface area contributed by atoms with Crippen molar-refractivity contribution in [1.82, 2.24) is 19.9 Å². The first-order chi connectivity index (χ1) is 12.2. The van der Waals surface area contributed by atoms with E-state index in [9.17, 15) is 4.79 Å². The predicted octanol–water partition coefficient (Wildman–Crippen LogP) is 2.59. The van der Waals surface area contributed by atoms with Gasteiger partial charge in [-0.2, -0.15) is 0 Å². The molecule has 0 fully saturated rings. The Labute approximate surface area is 146 Å². The molecule has 6 nitrogen and oxygen atoms in total. The van der Waals surface area contributed by atoms with Crippen LogP contribution in [-0.4, -0.2) is 46.5 Å². The van der Waals surface area contributed by atoms with Crippen molar-refractivity contribution >= 4 is 5.91 Å². The van der Waals surface area contributed by atoms with Crippen LogP contribution in [0.15, 0.2) is 60.9 Å². The van der Waals surface area contributed by atoms with Gasteiger partial charge in [0.15, 0.2) is 0 Å². The van der Waals surface area contributed by atoms with Gasteiger partial charge in [0.2, 0.25) is 0 Å². The number of rotatable bonds is 6. The minimum atomic E-state index is -0.0546. The van der Waals surface area contributed by atoms with Gasteiger partial charge in [0.1, 0.15) is 5.75 Å². The van der Waals surface area contributed by atoms with Crippen molar-refractivity contribution in [1.29, 1.82) is 0 Å². The Kier molecular flexibility index (Phi) is 5.09. The van der Waals surface area contributed by atoms with E-state index in [0.29, 0.717) is 17.8 Å². The van der Waals surface area contributed by atoms with Gasteiger partial charge in [-0.25, -0.2) is 4.68 Å². The average molecular weight is 336 g/mol. The quantitative estimate of drug-likeness (QED) is 0.694. The monoisotopic (exact) mass is 336 g/mol. The number of aromatic nitrogens is 3. The lowest BCUT2D eigenvalue weighted by atomic mass is 10.1. The van der Waals surface area contributed by atoms with E-state index in [2.05, 4.69) is 10.3 Å². The van der Waals surface area contributed by atoms with Crippen LogP contribution in [-0.2, 0) is 6.42 Å². The van der Waals surface area contributed by atoms with E-state index < -0.39 is 0 Å². The fraction of sp³-hybridized carbons (Fsp3) is 0.211. The maximum absolute atomic E-state index is 12.9. The molecule has 3 rings (SSSR count). The number of carbonyl (C=O) groups excluding carboxylic acids is 1. The van der Waals surface area contributed by atoms with E-state index in [1.54, 1.807) is 42.2 Å². The molecule has 1 aromatic heterocycles. The molecule has 0 aliphatic carbocycles. The highest BCUT2D eigenvalue weighted by Gasteiger charge is 2.17. The van der Waals surface area contributed by atoms with Gasteiger partial charge in [0.25, 0.3) is 5.91 Å². The molecule has 0 aliphatic heterocycles. The summed E-state index contributed by atoms with van der Waals surface area (Å²) in [7, 11) is 3.46. The summed E-state index contributed by atoms with van der Waals surface area (Å²) in [5, 5.41) is 7.80. The SMILES string of the molecule is COc1ccccc1CCN(C)C(=O)c1ccccc1-n1ccnn1. The molecule has 0 spiro atoms. The molecule has 6 heteroatoms. The topological polar surface area (TPSA) is 60.2 Å². The zero-order chi connectivity index (χ0) is 17.6. The number of hydrogen-bond donors (Lipinski definition) is 0. The van der Waals surface area contributed by atoms with Crippen LogP contribution < -0.4 is 4.74 Å². The van der Waals surface area contributed by atoms with Crippen LogP contribution in [0.2, 0.25) is 0 Å². The molecule has 0 aliphatic rings. The van der Waals surface area contributed by atoms with Crippen molar-refractivity contribution in [2.75, 3.05) is 20.7 Å². The first-order valence-corrected chi connectivity index (χ1v) is 8.04. The summed E-state index contributed by atoms with van der Waals surface area (Å²) in [5.41, 5.74) is 2.39.